The van der Waals surface area contributed by atoms with Gasteiger partial charge in [-0.1, -0.05) is 23.2 Å². The van der Waals surface area contributed by atoms with Crippen LogP contribution in [0.3, 0.4) is 0 Å². The molecule has 0 atom stereocenters. The molecule has 0 aliphatic carbocycles. The van der Waals surface area contributed by atoms with Crippen LogP contribution in [0, 0.1) is 0 Å². The van der Waals surface area contributed by atoms with Crippen molar-refractivity contribution in [2.45, 2.75) is 6.43 Å². The summed E-state index contributed by atoms with van der Waals surface area (Å²) < 4.78 is 24.6. The van der Waals surface area contributed by atoms with Gasteiger partial charge in [-0.25, -0.2) is 8.78 Å². The molecular formula is C7H3Cl2F2NO. The summed E-state index contributed by atoms with van der Waals surface area (Å²) in [7, 11) is 0. The third kappa shape index (κ3) is 1.95. The van der Waals surface area contributed by atoms with Crippen LogP contribution in [0.5, 0.6) is 0 Å². The van der Waals surface area contributed by atoms with Crippen LogP contribution >= 0.6 is 23.2 Å². The van der Waals surface area contributed by atoms with Gasteiger partial charge in [-0.05, 0) is 0 Å². The molecule has 70 valence electrons. The van der Waals surface area contributed by atoms with Crippen molar-refractivity contribution in [3.8, 4) is 0 Å². The lowest BCUT2D eigenvalue weighted by Gasteiger charge is -2.05. The molecule has 0 amide bonds. The summed E-state index contributed by atoms with van der Waals surface area (Å²) in [5.74, 6) is 0. The first-order valence-electron chi connectivity index (χ1n) is 3.15. The van der Waals surface area contributed by atoms with E-state index in [2.05, 4.69) is 4.98 Å². The fraction of sp³-hybridized carbons (Fsp3) is 0.143. The van der Waals surface area contributed by atoms with Gasteiger partial charge in [-0.2, -0.15) is 0 Å². The topological polar surface area (TPSA) is 30.0 Å². The molecule has 0 N–H and O–H groups in total. The maximum Gasteiger partial charge on any atom is 0.266 e. The van der Waals surface area contributed by atoms with E-state index in [4.69, 9.17) is 23.2 Å². The predicted molar refractivity (Wildman–Crippen MR) is 44.6 cm³/mol. The average Bonchev–Trinajstić information content (AvgIpc) is 2.04. The van der Waals surface area contributed by atoms with Crippen LogP contribution in [0.4, 0.5) is 8.78 Å². The van der Waals surface area contributed by atoms with Gasteiger partial charge in [-0.3, -0.25) is 9.78 Å². The number of rotatable bonds is 2. The van der Waals surface area contributed by atoms with E-state index in [0.29, 0.717) is 6.29 Å². The van der Waals surface area contributed by atoms with Crippen LogP contribution in [0.25, 0.3) is 0 Å². The Kier molecular flexibility index (Phi) is 3.17. The maximum absolute atomic E-state index is 12.3. The van der Waals surface area contributed by atoms with E-state index in [1.165, 1.54) is 0 Å². The van der Waals surface area contributed by atoms with Crippen molar-refractivity contribution in [1.82, 2.24) is 4.98 Å². The SMILES string of the molecule is O=Cc1ncc(Cl)c(C(F)F)c1Cl. The fourth-order valence-electron chi connectivity index (χ4n) is 0.777. The first-order chi connectivity index (χ1) is 6.07. The van der Waals surface area contributed by atoms with Crippen LogP contribution in [-0.2, 0) is 0 Å². The van der Waals surface area contributed by atoms with Gasteiger partial charge >= 0.3 is 0 Å². The summed E-state index contributed by atoms with van der Waals surface area (Å²) >= 11 is 10.9. The molecule has 2 nitrogen and oxygen atoms in total. The largest absolute Gasteiger partial charge is 0.296 e. The summed E-state index contributed by atoms with van der Waals surface area (Å²) in [6, 6.07) is 0. The highest BCUT2D eigenvalue weighted by molar-refractivity contribution is 6.37. The van der Waals surface area contributed by atoms with Crippen molar-refractivity contribution in [2.75, 3.05) is 0 Å². The fourth-order valence-corrected chi connectivity index (χ4v) is 1.33. The zero-order chi connectivity index (χ0) is 10.0. The van der Waals surface area contributed by atoms with Gasteiger partial charge in [-0.15, -0.1) is 0 Å². The molecule has 0 fully saturated rings. The summed E-state index contributed by atoms with van der Waals surface area (Å²) in [6.07, 6.45) is -1.55. The number of aldehydes is 1. The van der Waals surface area contributed by atoms with Crippen LogP contribution in [-0.4, -0.2) is 11.3 Å². The number of hydrogen-bond acceptors (Lipinski definition) is 2. The number of carbonyl (C=O) groups excluding carboxylic acids is 1. The molecule has 0 saturated carbocycles. The van der Waals surface area contributed by atoms with Crippen molar-refractivity contribution >= 4 is 29.5 Å². The molecule has 0 aliphatic rings. The molecule has 0 bridgehead atoms. The highest BCUT2D eigenvalue weighted by Crippen LogP contribution is 2.33. The molecule has 1 rings (SSSR count). The number of nitrogens with zero attached hydrogens (tertiary/aromatic N) is 1. The van der Waals surface area contributed by atoms with Gasteiger partial charge in [0.05, 0.1) is 15.6 Å². The average molecular weight is 226 g/mol. The second kappa shape index (κ2) is 3.98. The minimum atomic E-state index is -2.82. The zero-order valence-corrected chi connectivity index (χ0v) is 7.61. The molecule has 1 heterocycles. The van der Waals surface area contributed by atoms with Crippen LogP contribution in [0.15, 0.2) is 6.20 Å². The summed E-state index contributed by atoms with van der Waals surface area (Å²) in [5.41, 5.74) is -0.790. The smallest absolute Gasteiger partial charge is 0.266 e. The molecule has 0 unspecified atom stereocenters. The second-order valence-electron chi connectivity index (χ2n) is 2.14. The molecule has 1 aromatic rings. The molecule has 0 aliphatic heterocycles. The number of alkyl halides is 2. The van der Waals surface area contributed by atoms with Crippen LogP contribution in [0.1, 0.15) is 22.5 Å². The number of carbonyl (C=O) groups is 1. The van der Waals surface area contributed by atoms with Crippen molar-refractivity contribution in [3.05, 3.63) is 27.5 Å². The van der Waals surface area contributed by atoms with Crippen molar-refractivity contribution in [2.24, 2.45) is 0 Å². The van der Waals surface area contributed by atoms with Gasteiger partial charge in [0.2, 0.25) is 0 Å². The van der Waals surface area contributed by atoms with E-state index in [9.17, 15) is 13.6 Å². The number of halogens is 4. The molecule has 13 heavy (non-hydrogen) atoms. The molecule has 1 aromatic heterocycles. The van der Waals surface area contributed by atoms with E-state index in [1.54, 1.807) is 0 Å². The first kappa shape index (κ1) is 10.3. The van der Waals surface area contributed by atoms with Gasteiger partial charge in [0.1, 0.15) is 5.69 Å². The van der Waals surface area contributed by atoms with Gasteiger partial charge in [0, 0.05) is 6.20 Å². The lowest BCUT2D eigenvalue weighted by Crippen LogP contribution is -1.96. The molecule has 0 saturated heterocycles. The normalized spacial score (nSPS) is 10.5. The first-order valence-corrected chi connectivity index (χ1v) is 3.90. The van der Waals surface area contributed by atoms with Crippen molar-refractivity contribution in [1.29, 1.82) is 0 Å². The van der Waals surface area contributed by atoms with E-state index in [-0.39, 0.29) is 10.7 Å². The van der Waals surface area contributed by atoms with Gasteiger partial charge < -0.3 is 0 Å². The Balaban J connectivity index is 3.38. The maximum atomic E-state index is 12.3. The summed E-state index contributed by atoms with van der Waals surface area (Å²) in [5, 5.41) is -0.636. The van der Waals surface area contributed by atoms with E-state index < -0.39 is 17.0 Å². The Bertz CT molecular complexity index is 344. The molecule has 0 spiro atoms. The van der Waals surface area contributed by atoms with Crippen LogP contribution < -0.4 is 0 Å². The monoisotopic (exact) mass is 225 g/mol. The lowest BCUT2D eigenvalue weighted by atomic mass is 10.2. The highest BCUT2D eigenvalue weighted by Gasteiger charge is 2.19. The van der Waals surface area contributed by atoms with Gasteiger partial charge in [0.15, 0.2) is 6.29 Å². The molecule has 0 radical (unpaired) electrons. The second-order valence-corrected chi connectivity index (χ2v) is 2.92. The van der Waals surface area contributed by atoms with Crippen molar-refractivity contribution < 1.29 is 13.6 Å². The van der Waals surface area contributed by atoms with Crippen LogP contribution in [0.2, 0.25) is 10.0 Å². The Morgan fingerprint density at radius 3 is 2.54 bits per heavy atom. The quantitative estimate of drug-likeness (QED) is 0.725. The standard InChI is InChI=1S/C7H3Cl2F2NO/c8-3-1-12-4(2-13)6(9)5(3)7(10)11/h1-2,7H. The molecular weight excluding hydrogens is 223 g/mol. The lowest BCUT2D eigenvalue weighted by molar-refractivity contribution is 0.111. The zero-order valence-electron chi connectivity index (χ0n) is 6.10. The Morgan fingerprint density at radius 1 is 1.46 bits per heavy atom. The van der Waals surface area contributed by atoms with E-state index in [0.717, 1.165) is 6.20 Å². The molecule has 0 aromatic carbocycles. The van der Waals surface area contributed by atoms with E-state index in [1.807, 2.05) is 0 Å². The Labute approximate surface area is 82.5 Å². The van der Waals surface area contributed by atoms with E-state index >= 15 is 0 Å². The van der Waals surface area contributed by atoms with Gasteiger partial charge in [0.25, 0.3) is 6.43 Å². The Morgan fingerprint density at radius 2 is 2.08 bits per heavy atom. The summed E-state index contributed by atoms with van der Waals surface area (Å²) in [4.78, 5) is 13.8. The number of aromatic nitrogens is 1. The third-order valence-electron chi connectivity index (χ3n) is 1.37. The minimum Gasteiger partial charge on any atom is -0.296 e. The highest BCUT2D eigenvalue weighted by atomic mass is 35.5. The third-order valence-corrected chi connectivity index (χ3v) is 2.06. The number of pyridine rings is 1. The molecule has 6 heteroatoms. The Hall–Kier alpha value is -0.740. The predicted octanol–water partition coefficient (Wildman–Crippen LogP) is 3.14. The number of hydrogen-bond donors (Lipinski definition) is 0. The van der Waals surface area contributed by atoms with Crippen molar-refractivity contribution in [3.63, 3.8) is 0 Å². The minimum absolute atomic E-state index is 0.235. The summed E-state index contributed by atoms with van der Waals surface area (Å²) in [6.45, 7) is 0.